The summed E-state index contributed by atoms with van der Waals surface area (Å²) in [6, 6.07) is 6.20. The molecule has 3 heterocycles. The lowest BCUT2D eigenvalue weighted by atomic mass is 9.92. The zero-order chi connectivity index (χ0) is 20.6. The summed E-state index contributed by atoms with van der Waals surface area (Å²) in [4.78, 5) is 33.8. The van der Waals surface area contributed by atoms with Crippen LogP contribution >= 0.6 is 0 Å². The third-order valence-electron chi connectivity index (χ3n) is 6.21. The lowest BCUT2D eigenvalue weighted by Crippen LogP contribution is -2.71. The Labute approximate surface area is 171 Å². The Kier molecular flexibility index (Phi) is 5.48. The van der Waals surface area contributed by atoms with Crippen LogP contribution in [0.4, 0.5) is 9.18 Å². The minimum Gasteiger partial charge on any atom is -0.378 e. The predicted octanol–water partition coefficient (Wildman–Crippen LogP) is 1.50. The topological polar surface area (TPSA) is 56.3 Å². The first kappa shape index (κ1) is 20.1. The number of carbonyl (C=O) groups is 2. The van der Waals surface area contributed by atoms with Gasteiger partial charge in [-0.15, -0.1) is 0 Å². The Morgan fingerprint density at radius 1 is 1.00 bits per heavy atom. The number of amides is 3. The zero-order valence-electron chi connectivity index (χ0n) is 17.1. The summed E-state index contributed by atoms with van der Waals surface area (Å²) in [6.07, 6.45) is 0. The summed E-state index contributed by atoms with van der Waals surface area (Å²) < 4.78 is 19.5. The molecule has 0 saturated carbocycles. The van der Waals surface area contributed by atoms with Gasteiger partial charge in [0.05, 0.1) is 18.8 Å². The van der Waals surface area contributed by atoms with E-state index in [1.165, 1.54) is 12.1 Å². The molecule has 29 heavy (non-hydrogen) atoms. The lowest BCUT2D eigenvalue weighted by molar-refractivity contribution is -0.0524. The largest absolute Gasteiger partial charge is 0.378 e. The number of piperazine rings is 2. The number of morpholine rings is 1. The first-order chi connectivity index (χ1) is 13.9. The van der Waals surface area contributed by atoms with Gasteiger partial charge < -0.3 is 19.4 Å². The summed E-state index contributed by atoms with van der Waals surface area (Å²) in [7, 11) is 0. The summed E-state index contributed by atoms with van der Waals surface area (Å²) in [5, 5.41) is 0. The SMILES string of the molecule is CC1(C)CN(C(=O)c2ccccc2F)CC2CN(C(=O)N3CCOCC3)CCN21. The van der Waals surface area contributed by atoms with Gasteiger partial charge in [-0.1, -0.05) is 12.1 Å². The average molecular weight is 404 g/mol. The van der Waals surface area contributed by atoms with E-state index in [1.807, 2.05) is 9.80 Å². The number of fused-ring (bicyclic) bond motifs is 1. The fourth-order valence-electron chi connectivity index (χ4n) is 4.77. The molecule has 158 valence electrons. The summed E-state index contributed by atoms with van der Waals surface area (Å²) in [5.74, 6) is -0.780. The molecular formula is C21H29FN4O3. The monoisotopic (exact) mass is 404 g/mol. The van der Waals surface area contributed by atoms with Crippen molar-refractivity contribution >= 4 is 11.9 Å². The maximum absolute atomic E-state index is 14.2. The number of carbonyl (C=O) groups excluding carboxylic acids is 2. The normalized spacial score (nSPS) is 24.9. The van der Waals surface area contributed by atoms with Gasteiger partial charge in [0.1, 0.15) is 5.82 Å². The number of hydrogen-bond acceptors (Lipinski definition) is 4. The van der Waals surface area contributed by atoms with Crippen molar-refractivity contribution in [1.29, 1.82) is 0 Å². The van der Waals surface area contributed by atoms with Crippen molar-refractivity contribution in [3.8, 4) is 0 Å². The Morgan fingerprint density at radius 3 is 2.41 bits per heavy atom. The smallest absolute Gasteiger partial charge is 0.320 e. The third-order valence-corrected chi connectivity index (χ3v) is 6.21. The van der Waals surface area contributed by atoms with Gasteiger partial charge in [0.15, 0.2) is 0 Å². The lowest BCUT2D eigenvalue weighted by Gasteiger charge is -2.55. The number of ether oxygens (including phenoxy) is 1. The molecule has 7 nitrogen and oxygen atoms in total. The molecule has 0 aliphatic carbocycles. The summed E-state index contributed by atoms with van der Waals surface area (Å²) in [5.41, 5.74) is -0.133. The van der Waals surface area contributed by atoms with Crippen LogP contribution in [0.5, 0.6) is 0 Å². The molecule has 0 spiro atoms. The number of hydrogen-bond donors (Lipinski definition) is 0. The summed E-state index contributed by atoms with van der Waals surface area (Å²) in [6.45, 7) is 9.66. The molecule has 1 atom stereocenters. The fraction of sp³-hybridized carbons (Fsp3) is 0.619. The van der Waals surface area contributed by atoms with Gasteiger partial charge >= 0.3 is 6.03 Å². The second kappa shape index (κ2) is 7.91. The molecule has 0 aromatic heterocycles. The van der Waals surface area contributed by atoms with Gasteiger partial charge in [0.25, 0.3) is 5.91 Å². The van der Waals surface area contributed by atoms with Gasteiger partial charge in [-0.05, 0) is 26.0 Å². The Morgan fingerprint density at radius 2 is 1.69 bits per heavy atom. The maximum Gasteiger partial charge on any atom is 0.320 e. The number of halogens is 1. The van der Waals surface area contributed by atoms with Gasteiger partial charge in [-0.3, -0.25) is 9.69 Å². The van der Waals surface area contributed by atoms with Crippen LogP contribution in [0.2, 0.25) is 0 Å². The minimum atomic E-state index is -0.495. The highest BCUT2D eigenvalue weighted by atomic mass is 19.1. The Balaban J connectivity index is 1.49. The quantitative estimate of drug-likeness (QED) is 0.712. The molecular weight excluding hydrogens is 375 g/mol. The van der Waals surface area contributed by atoms with E-state index in [2.05, 4.69) is 18.7 Å². The molecule has 3 saturated heterocycles. The second-order valence-corrected chi connectivity index (χ2v) is 8.65. The van der Waals surface area contributed by atoms with E-state index < -0.39 is 5.82 Å². The number of benzene rings is 1. The molecule has 0 N–H and O–H groups in total. The van der Waals surface area contributed by atoms with Crippen molar-refractivity contribution < 1.29 is 18.7 Å². The first-order valence-corrected chi connectivity index (χ1v) is 10.3. The van der Waals surface area contributed by atoms with Crippen LogP contribution in [0.1, 0.15) is 24.2 Å². The van der Waals surface area contributed by atoms with Crippen LogP contribution < -0.4 is 0 Å². The number of nitrogens with zero attached hydrogens (tertiary/aromatic N) is 4. The minimum absolute atomic E-state index is 0.0354. The molecule has 3 aliphatic rings. The van der Waals surface area contributed by atoms with Gasteiger partial charge in [0, 0.05) is 57.4 Å². The number of rotatable bonds is 1. The van der Waals surface area contributed by atoms with E-state index in [-0.39, 0.29) is 29.1 Å². The second-order valence-electron chi connectivity index (χ2n) is 8.65. The van der Waals surface area contributed by atoms with Gasteiger partial charge in [0.2, 0.25) is 0 Å². The van der Waals surface area contributed by atoms with E-state index in [4.69, 9.17) is 4.74 Å². The number of urea groups is 1. The standard InChI is InChI=1S/C21H29FN4O3/c1-21(2)15-25(19(27)17-5-3-4-6-18(17)22)14-16-13-24(7-8-26(16)21)20(28)23-9-11-29-12-10-23/h3-6,16H,7-15H2,1-2H3. The van der Waals surface area contributed by atoms with Crippen molar-refractivity contribution in [2.75, 3.05) is 59.0 Å². The van der Waals surface area contributed by atoms with Crippen molar-refractivity contribution in [1.82, 2.24) is 19.6 Å². The molecule has 3 amide bonds. The molecule has 4 rings (SSSR count). The molecule has 3 fully saturated rings. The maximum atomic E-state index is 14.2. The van der Waals surface area contributed by atoms with E-state index in [0.717, 1.165) is 6.54 Å². The van der Waals surface area contributed by atoms with E-state index in [1.54, 1.807) is 17.0 Å². The highest BCUT2D eigenvalue weighted by Gasteiger charge is 2.45. The molecule has 1 aromatic rings. The van der Waals surface area contributed by atoms with Crippen LogP contribution in [-0.2, 0) is 4.74 Å². The first-order valence-electron chi connectivity index (χ1n) is 10.3. The molecule has 0 bridgehead atoms. The highest BCUT2D eigenvalue weighted by Crippen LogP contribution is 2.29. The molecule has 3 aliphatic heterocycles. The van der Waals surface area contributed by atoms with Crippen LogP contribution in [0.15, 0.2) is 24.3 Å². The third kappa shape index (κ3) is 3.96. The van der Waals surface area contributed by atoms with E-state index in [0.29, 0.717) is 52.5 Å². The average Bonchev–Trinajstić information content (AvgIpc) is 2.72. The van der Waals surface area contributed by atoms with Crippen LogP contribution in [0, 0.1) is 5.82 Å². The van der Waals surface area contributed by atoms with E-state index >= 15 is 0 Å². The Hall–Kier alpha value is -2.19. The zero-order valence-corrected chi connectivity index (χ0v) is 17.1. The molecule has 1 aromatic carbocycles. The van der Waals surface area contributed by atoms with Crippen LogP contribution in [0.25, 0.3) is 0 Å². The highest BCUT2D eigenvalue weighted by molar-refractivity contribution is 5.94. The van der Waals surface area contributed by atoms with Crippen LogP contribution in [0.3, 0.4) is 0 Å². The fourth-order valence-corrected chi connectivity index (χ4v) is 4.77. The summed E-state index contributed by atoms with van der Waals surface area (Å²) >= 11 is 0. The molecule has 1 unspecified atom stereocenters. The van der Waals surface area contributed by atoms with E-state index in [9.17, 15) is 14.0 Å². The Bertz CT molecular complexity index is 781. The van der Waals surface area contributed by atoms with Gasteiger partial charge in [-0.2, -0.15) is 0 Å². The van der Waals surface area contributed by atoms with Crippen molar-refractivity contribution in [2.45, 2.75) is 25.4 Å². The van der Waals surface area contributed by atoms with Crippen LogP contribution in [-0.4, -0.2) is 102 Å². The van der Waals surface area contributed by atoms with Crippen molar-refractivity contribution in [3.63, 3.8) is 0 Å². The molecule has 0 radical (unpaired) electrons. The van der Waals surface area contributed by atoms with Crippen molar-refractivity contribution in [3.05, 3.63) is 35.6 Å². The van der Waals surface area contributed by atoms with Crippen molar-refractivity contribution in [2.24, 2.45) is 0 Å². The predicted molar refractivity (Wildman–Crippen MR) is 106 cm³/mol. The molecule has 8 heteroatoms. The van der Waals surface area contributed by atoms with Gasteiger partial charge in [-0.25, -0.2) is 9.18 Å².